The second kappa shape index (κ2) is 15.3. The lowest BCUT2D eigenvalue weighted by Gasteiger charge is -2.24. The van der Waals surface area contributed by atoms with Gasteiger partial charge >= 0.3 is 0 Å². The highest BCUT2D eigenvalue weighted by Gasteiger charge is 2.25. The first-order valence-electron chi connectivity index (χ1n) is 15.6. The molecule has 0 aliphatic carbocycles. The Hall–Kier alpha value is -3.07. The van der Waals surface area contributed by atoms with E-state index in [4.69, 9.17) is 9.47 Å². The van der Waals surface area contributed by atoms with Crippen molar-refractivity contribution in [2.75, 3.05) is 10.6 Å². The number of aryl methyl sites for hydroxylation is 1. The van der Waals surface area contributed by atoms with Crippen molar-refractivity contribution < 1.29 is 19.1 Å². The molecule has 0 heterocycles. The quantitative estimate of drug-likeness (QED) is 0.183. The van der Waals surface area contributed by atoms with Gasteiger partial charge in [-0.05, 0) is 107 Å². The zero-order valence-electron chi connectivity index (χ0n) is 28.1. The first kappa shape index (κ1) is 35.4. The minimum Gasteiger partial charge on any atom is -0.480 e. The largest absolute Gasteiger partial charge is 0.480 e. The fraction of sp³-hybridized carbons (Fsp3) is 0.459. The Bertz CT molecular complexity index is 1320. The Morgan fingerprint density at radius 3 is 1.16 bits per heavy atom. The van der Waals surface area contributed by atoms with E-state index in [0.29, 0.717) is 15.1 Å². The third kappa shape index (κ3) is 8.55. The normalized spacial score (nSPS) is 12.9. The van der Waals surface area contributed by atoms with Gasteiger partial charge in [-0.15, -0.1) is 0 Å². The highest BCUT2D eigenvalue weighted by atomic mass is 127. The summed E-state index contributed by atoms with van der Waals surface area (Å²) >= 11 is 2.16. The molecule has 6 nitrogen and oxygen atoms in total. The standard InChI is InChI=1S/C37H49IN2O4/c1-20(2)27-14-12-15-28(21(3)4)34(27)39-36(41)25(10)43-31-18-24(9)19-32(33(31)38)44-26(11)37(42)40-35-29(22(5)6)16-13-17-30(35)23(7)8/h12-23,25-26H,1-11H3,(H,39,41)(H,40,42)/t25-,26-/m0/s1. The summed E-state index contributed by atoms with van der Waals surface area (Å²) in [5, 5.41) is 6.31. The van der Waals surface area contributed by atoms with Crippen LogP contribution in [-0.2, 0) is 9.59 Å². The number of rotatable bonds is 12. The molecule has 0 unspecified atom stereocenters. The first-order valence-corrected chi connectivity index (χ1v) is 16.7. The summed E-state index contributed by atoms with van der Waals surface area (Å²) in [6.45, 7) is 22.4. The van der Waals surface area contributed by atoms with Crippen LogP contribution in [0.15, 0.2) is 48.5 Å². The number of benzene rings is 3. The minimum atomic E-state index is -0.763. The van der Waals surface area contributed by atoms with E-state index in [1.54, 1.807) is 13.8 Å². The molecule has 0 saturated carbocycles. The van der Waals surface area contributed by atoms with Crippen LogP contribution < -0.4 is 20.1 Å². The summed E-state index contributed by atoms with van der Waals surface area (Å²) in [5.74, 6) is 1.64. The molecule has 3 aromatic rings. The van der Waals surface area contributed by atoms with Gasteiger partial charge in [-0.1, -0.05) is 91.8 Å². The fourth-order valence-electron chi connectivity index (χ4n) is 5.20. The molecule has 0 aromatic heterocycles. The van der Waals surface area contributed by atoms with Crippen molar-refractivity contribution in [2.24, 2.45) is 0 Å². The molecule has 3 rings (SSSR count). The van der Waals surface area contributed by atoms with E-state index >= 15 is 0 Å². The monoisotopic (exact) mass is 712 g/mol. The van der Waals surface area contributed by atoms with Crippen LogP contribution in [0.4, 0.5) is 11.4 Å². The molecule has 238 valence electrons. The van der Waals surface area contributed by atoms with Crippen LogP contribution in [0.3, 0.4) is 0 Å². The molecule has 0 saturated heterocycles. The summed E-state index contributed by atoms with van der Waals surface area (Å²) in [6, 6.07) is 16.1. The smallest absolute Gasteiger partial charge is 0.265 e. The van der Waals surface area contributed by atoms with E-state index in [-0.39, 0.29) is 35.5 Å². The zero-order valence-corrected chi connectivity index (χ0v) is 30.3. The van der Waals surface area contributed by atoms with Crippen molar-refractivity contribution in [2.45, 2.75) is 112 Å². The topological polar surface area (TPSA) is 76.7 Å². The third-order valence-corrected chi connectivity index (χ3v) is 8.80. The second-order valence-electron chi connectivity index (χ2n) is 12.8. The van der Waals surface area contributed by atoms with Gasteiger partial charge in [-0.25, -0.2) is 0 Å². The average molecular weight is 713 g/mol. The van der Waals surface area contributed by atoms with Crippen molar-refractivity contribution in [3.8, 4) is 11.5 Å². The molecule has 0 aliphatic heterocycles. The average Bonchev–Trinajstić information content (AvgIpc) is 2.94. The predicted octanol–water partition coefficient (Wildman–Crippen LogP) is 9.91. The van der Waals surface area contributed by atoms with E-state index in [9.17, 15) is 9.59 Å². The summed E-state index contributed by atoms with van der Waals surface area (Å²) in [6.07, 6.45) is -1.53. The summed E-state index contributed by atoms with van der Waals surface area (Å²) in [5.41, 5.74) is 7.02. The molecule has 0 spiro atoms. The fourth-order valence-corrected chi connectivity index (χ4v) is 5.77. The highest BCUT2D eigenvalue weighted by molar-refractivity contribution is 14.1. The Balaban J connectivity index is 1.80. The van der Waals surface area contributed by atoms with Gasteiger partial charge in [-0.3, -0.25) is 9.59 Å². The van der Waals surface area contributed by atoms with Gasteiger partial charge in [0.25, 0.3) is 11.8 Å². The van der Waals surface area contributed by atoms with Crippen LogP contribution in [0.5, 0.6) is 11.5 Å². The van der Waals surface area contributed by atoms with E-state index in [2.05, 4.69) is 113 Å². The van der Waals surface area contributed by atoms with Gasteiger partial charge in [0.1, 0.15) is 11.5 Å². The van der Waals surface area contributed by atoms with Crippen LogP contribution in [0.25, 0.3) is 0 Å². The van der Waals surface area contributed by atoms with Gasteiger partial charge < -0.3 is 20.1 Å². The van der Waals surface area contributed by atoms with Crippen molar-refractivity contribution in [1.29, 1.82) is 0 Å². The zero-order chi connectivity index (χ0) is 32.9. The number of nitrogens with one attached hydrogen (secondary N) is 2. The van der Waals surface area contributed by atoms with E-state index in [0.717, 1.165) is 39.2 Å². The summed E-state index contributed by atoms with van der Waals surface area (Å²) in [7, 11) is 0. The van der Waals surface area contributed by atoms with Gasteiger partial charge in [0.05, 0.1) is 3.57 Å². The molecule has 0 aliphatic rings. The molecular formula is C37H49IN2O4. The molecule has 3 aromatic carbocycles. The van der Waals surface area contributed by atoms with Gasteiger partial charge in [-0.2, -0.15) is 0 Å². The molecule has 2 N–H and O–H groups in total. The number of anilines is 2. The molecule has 7 heteroatoms. The maximum Gasteiger partial charge on any atom is 0.265 e. The minimum absolute atomic E-state index is 0.225. The van der Waals surface area contributed by atoms with E-state index in [1.165, 1.54) is 0 Å². The molecular weight excluding hydrogens is 663 g/mol. The molecule has 2 atom stereocenters. The molecule has 0 bridgehead atoms. The van der Waals surface area contributed by atoms with Crippen LogP contribution in [0.1, 0.15) is 121 Å². The first-order chi connectivity index (χ1) is 20.6. The number of hydrogen-bond donors (Lipinski definition) is 2. The maximum absolute atomic E-state index is 13.4. The number of amides is 2. The lowest BCUT2D eigenvalue weighted by atomic mass is 9.92. The molecule has 44 heavy (non-hydrogen) atoms. The molecule has 0 fully saturated rings. The molecule has 2 amide bonds. The number of carbonyl (C=O) groups is 2. The van der Waals surface area contributed by atoms with Crippen LogP contribution >= 0.6 is 22.6 Å². The Kier molecular flexibility index (Phi) is 12.3. The number of hydrogen-bond acceptors (Lipinski definition) is 4. The number of halogens is 1. The SMILES string of the molecule is Cc1cc(O[C@@H](C)C(=O)Nc2c(C(C)C)cccc2C(C)C)c(I)c(O[C@@H](C)C(=O)Nc2c(C(C)C)cccc2C(C)C)c1. The predicted molar refractivity (Wildman–Crippen MR) is 191 cm³/mol. The Morgan fingerprint density at radius 1 is 0.591 bits per heavy atom. The van der Waals surface area contributed by atoms with Gasteiger partial charge in [0.2, 0.25) is 0 Å². The van der Waals surface area contributed by atoms with E-state index < -0.39 is 12.2 Å². The lowest BCUT2D eigenvalue weighted by molar-refractivity contribution is -0.122. The van der Waals surface area contributed by atoms with E-state index in [1.807, 2.05) is 31.2 Å². The summed E-state index contributed by atoms with van der Waals surface area (Å²) in [4.78, 5) is 26.8. The van der Waals surface area contributed by atoms with Crippen LogP contribution in [-0.4, -0.2) is 24.0 Å². The number of carbonyl (C=O) groups excluding carboxylic acids is 2. The van der Waals surface area contributed by atoms with Crippen molar-refractivity contribution >= 4 is 45.8 Å². The summed E-state index contributed by atoms with van der Waals surface area (Å²) < 4.78 is 13.1. The second-order valence-corrected chi connectivity index (χ2v) is 13.9. The number of ether oxygens (including phenoxy) is 2. The third-order valence-electron chi connectivity index (χ3n) is 7.74. The van der Waals surface area contributed by atoms with Gasteiger partial charge in [0.15, 0.2) is 12.2 Å². The van der Waals surface area contributed by atoms with Crippen molar-refractivity contribution in [3.05, 3.63) is 79.9 Å². The molecule has 0 radical (unpaired) electrons. The van der Waals surface area contributed by atoms with Gasteiger partial charge in [0, 0.05) is 11.4 Å². The Labute approximate surface area is 277 Å². The van der Waals surface area contributed by atoms with Crippen molar-refractivity contribution in [3.63, 3.8) is 0 Å². The van der Waals surface area contributed by atoms with Crippen LogP contribution in [0, 0.1) is 10.5 Å². The van der Waals surface area contributed by atoms with Crippen LogP contribution in [0.2, 0.25) is 0 Å². The lowest BCUT2D eigenvalue weighted by Crippen LogP contribution is -2.32. The van der Waals surface area contributed by atoms with Crippen molar-refractivity contribution in [1.82, 2.24) is 0 Å². The number of para-hydroxylation sites is 2. The highest BCUT2D eigenvalue weighted by Crippen LogP contribution is 2.36. The maximum atomic E-state index is 13.4. The Morgan fingerprint density at radius 2 is 0.886 bits per heavy atom.